The molecule has 0 unspecified atom stereocenters. The summed E-state index contributed by atoms with van der Waals surface area (Å²) in [6.07, 6.45) is 0. The fraction of sp³-hybridized carbons (Fsp3) is 0.214. The summed E-state index contributed by atoms with van der Waals surface area (Å²) >= 11 is 10.2. The van der Waals surface area contributed by atoms with E-state index < -0.39 is 0 Å². The largest absolute Gasteiger partial charge is 0.389 e. The number of rotatable bonds is 5. The molecule has 2 rings (SSSR count). The Kier molecular flexibility index (Phi) is 5.10. The molecule has 2 nitrogen and oxygen atoms in total. The Labute approximate surface area is 131 Å². The maximum absolute atomic E-state index is 5.65. The monoisotopic (exact) mass is 354 g/mol. The van der Waals surface area contributed by atoms with Crippen LogP contribution in [0.25, 0.3) is 0 Å². The Hall–Kier alpha value is -0.750. The molecule has 0 saturated heterocycles. The SMILES string of the molecule is CN(Cc1cccc(C(N)=S)c1)Cc1csc(Br)c1. The number of hydrogen-bond acceptors (Lipinski definition) is 3. The lowest BCUT2D eigenvalue weighted by Crippen LogP contribution is -2.17. The summed E-state index contributed by atoms with van der Waals surface area (Å²) < 4.78 is 1.17. The number of hydrogen-bond donors (Lipinski definition) is 1. The third-order valence-electron chi connectivity index (χ3n) is 2.74. The van der Waals surface area contributed by atoms with Crippen LogP contribution in [0.3, 0.4) is 0 Å². The summed E-state index contributed by atoms with van der Waals surface area (Å²) in [6.45, 7) is 1.81. The van der Waals surface area contributed by atoms with Crippen LogP contribution in [-0.4, -0.2) is 16.9 Å². The highest BCUT2D eigenvalue weighted by Crippen LogP contribution is 2.22. The van der Waals surface area contributed by atoms with Gasteiger partial charge in [-0.2, -0.15) is 0 Å². The Balaban J connectivity index is 2.00. The van der Waals surface area contributed by atoms with Gasteiger partial charge in [-0.25, -0.2) is 0 Å². The van der Waals surface area contributed by atoms with Gasteiger partial charge in [-0.15, -0.1) is 11.3 Å². The van der Waals surface area contributed by atoms with E-state index in [2.05, 4.69) is 51.5 Å². The summed E-state index contributed by atoms with van der Waals surface area (Å²) in [6, 6.07) is 10.3. The van der Waals surface area contributed by atoms with Crippen molar-refractivity contribution in [3.8, 4) is 0 Å². The molecular formula is C14H15BrN2S2. The standard InChI is InChI=1S/C14H15BrN2S2/c1-17(8-11-6-13(15)19-9-11)7-10-3-2-4-12(5-10)14(16)18/h2-6,9H,7-8H2,1H3,(H2,16,18). The topological polar surface area (TPSA) is 29.3 Å². The van der Waals surface area contributed by atoms with Crippen LogP contribution >= 0.6 is 39.5 Å². The summed E-state index contributed by atoms with van der Waals surface area (Å²) in [4.78, 5) is 2.72. The zero-order valence-corrected chi connectivity index (χ0v) is 13.8. The lowest BCUT2D eigenvalue weighted by Gasteiger charge is -2.16. The second kappa shape index (κ2) is 6.61. The second-order valence-electron chi connectivity index (χ2n) is 4.50. The van der Waals surface area contributed by atoms with Gasteiger partial charge in [-0.3, -0.25) is 4.90 Å². The van der Waals surface area contributed by atoms with Crippen molar-refractivity contribution in [3.05, 3.63) is 56.2 Å². The number of halogens is 1. The zero-order chi connectivity index (χ0) is 13.8. The molecule has 2 N–H and O–H groups in total. The average Bonchev–Trinajstić information content (AvgIpc) is 2.74. The molecule has 0 fully saturated rings. The lowest BCUT2D eigenvalue weighted by molar-refractivity contribution is 0.319. The first-order valence-corrected chi connectivity index (χ1v) is 7.93. The van der Waals surface area contributed by atoms with E-state index in [1.807, 2.05) is 12.1 Å². The summed E-state index contributed by atoms with van der Waals surface area (Å²) in [5, 5.41) is 2.17. The van der Waals surface area contributed by atoms with Gasteiger partial charge in [0.1, 0.15) is 4.99 Å². The Morgan fingerprint density at radius 2 is 2.05 bits per heavy atom. The lowest BCUT2D eigenvalue weighted by atomic mass is 10.1. The van der Waals surface area contributed by atoms with E-state index in [1.165, 1.54) is 14.9 Å². The van der Waals surface area contributed by atoms with Crippen molar-refractivity contribution in [2.75, 3.05) is 7.05 Å². The van der Waals surface area contributed by atoms with E-state index >= 15 is 0 Å². The second-order valence-corrected chi connectivity index (χ2v) is 7.23. The molecule has 0 amide bonds. The molecule has 1 aromatic carbocycles. The number of benzene rings is 1. The molecule has 1 heterocycles. The fourth-order valence-corrected chi connectivity index (χ4v) is 3.26. The van der Waals surface area contributed by atoms with Crippen LogP contribution in [0.15, 0.2) is 39.5 Å². The minimum atomic E-state index is 0.450. The molecule has 0 aliphatic heterocycles. The van der Waals surface area contributed by atoms with Crippen LogP contribution in [0, 0.1) is 0 Å². The normalized spacial score (nSPS) is 10.9. The van der Waals surface area contributed by atoms with E-state index in [-0.39, 0.29) is 0 Å². The Morgan fingerprint density at radius 1 is 1.32 bits per heavy atom. The van der Waals surface area contributed by atoms with Crippen molar-refractivity contribution >= 4 is 44.5 Å². The highest BCUT2D eigenvalue weighted by Gasteiger charge is 2.05. The average molecular weight is 355 g/mol. The van der Waals surface area contributed by atoms with Gasteiger partial charge < -0.3 is 5.73 Å². The van der Waals surface area contributed by atoms with Crippen molar-refractivity contribution in [2.45, 2.75) is 13.1 Å². The highest BCUT2D eigenvalue weighted by molar-refractivity contribution is 9.11. The van der Waals surface area contributed by atoms with Gasteiger partial charge in [0.05, 0.1) is 3.79 Å². The highest BCUT2D eigenvalue weighted by atomic mass is 79.9. The maximum Gasteiger partial charge on any atom is 0.103 e. The predicted molar refractivity (Wildman–Crippen MR) is 89.5 cm³/mol. The zero-order valence-electron chi connectivity index (χ0n) is 10.6. The van der Waals surface area contributed by atoms with Gasteiger partial charge in [-0.1, -0.05) is 30.4 Å². The maximum atomic E-state index is 5.65. The van der Waals surface area contributed by atoms with Gasteiger partial charge in [0.2, 0.25) is 0 Å². The van der Waals surface area contributed by atoms with Crippen LogP contribution in [0.2, 0.25) is 0 Å². The van der Waals surface area contributed by atoms with Crippen LogP contribution in [0.1, 0.15) is 16.7 Å². The van der Waals surface area contributed by atoms with Crippen molar-refractivity contribution in [1.29, 1.82) is 0 Å². The first-order chi connectivity index (χ1) is 9.04. The molecule has 0 aliphatic rings. The molecule has 0 bridgehead atoms. The van der Waals surface area contributed by atoms with E-state index in [0.29, 0.717) is 4.99 Å². The third kappa shape index (κ3) is 4.38. The predicted octanol–water partition coefficient (Wildman–Crippen LogP) is 3.78. The molecular weight excluding hydrogens is 340 g/mol. The van der Waals surface area contributed by atoms with Gasteiger partial charge in [0, 0.05) is 18.7 Å². The third-order valence-corrected chi connectivity index (χ3v) is 4.53. The minimum Gasteiger partial charge on any atom is -0.389 e. The van der Waals surface area contributed by atoms with E-state index in [9.17, 15) is 0 Å². The van der Waals surface area contributed by atoms with Gasteiger partial charge in [0.15, 0.2) is 0 Å². The molecule has 2 aromatic rings. The van der Waals surface area contributed by atoms with Gasteiger partial charge >= 0.3 is 0 Å². The van der Waals surface area contributed by atoms with Crippen LogP contribution < -0.4 is 5.73 Å². The molecule has 5 heteroatoms. The van der Waals surface area contributed by atoms with Crippen LogP contribution in [0.4, 0.5) is 0 Å². The van der Waals surface area contributed by atoms with E-state index in [0.717, 1.165) is 18.7 Å². The smallest absolute Gasteiger partial charge is 0.103 e. The van der Waals surface area contributed by atoms with Crippen molar-refractivity contribution in [3.63, 3.8) is 0 Å². The molecule has 100 valence electrons. The summed E-state index contributed by atoms with van der Waals surface area (Å²) in [5.74, 6) is 0. The van der Waals surface area contributed by atoms with Crippen molar-refractivity contribution in [1.82, 2.24) is 4.90 Å². The Morgan fingerprint density at radius 3 is 2.68 bits per heavy atom. The van der Waals surface area contributed by atoms with E-state index in [1.54, 1.807) is 11.3 Å². The number of thiocarbonyl (C=S) groups is 1. The first kappa shape index (κ1) is 14.7. The Bertz CT molecular complexity index is 580. The van der Waals surface area contributed by atoms with Crippen LogP contribution in [-0.2, 0) is 13.1 Å². The molecule has 0 spiro atoms. The molecule has 19 heavy (non-hydrogen) atoms. The molecule has 0 radical (unpaired) electrons. The molecule has 0 aliphatic carbocycles. The first-order valence-electron chi connectivity index (χ1n) is 5.85. The quantitative estimate of drug-likeness (QED) is 0.828. The molecule has 0 saturated carbocycles. The fourth-order valence-electron chi connectivity index (χ4n) is 1.93. The number of nitrogens with two attached hydrogens (primary N) is 1. The van der Waals surface area contributed by atoms with E-state index in [4.69, 9.17) is 18.0 Å². The minimum absolute atomic E-state index is 0.450. The summed E-state index contributed by atoms with van der Waals surface area (Å²) in [7, 11) is 2.11. The van der Waals surface area contributed by atoms with Gasteiger partial charge in [-0.05, 0) is 51.6 Å². The molecule has 0 atom stereocenters. The summed E-state index contributed by atoms with van der Waals surface area (Å²) in [5.41, 5.74) is 9.13. The number of nitrogens with zero attached hydrogens (tertiary/aromatic N) is 1. The molecule has 1 aromatic heterocycles. The van der Waals surface area contributed by atoms with Crippen LogP contribution in [0.5, 0.6) is 0 Å². The van der Waals surface area contributed by atoms with Crippen molar-refractivity contribution in [2.24, 2.45) is 5.73 Å². The van der Waals surface area contributed by atoms with Crippen molar-refractivity contribution < 1.29 is 0 Å². The number of thiophene rings is 1. The van der Waals surface area contributed by atoms with Gasteiger partial charge in [0.25, 0.3) is 0 Å².